The Balaban J connectivity index is 1.81. The Labute approximate surface area is 147 Å². The molecule has 2 saturated heterocycles. The summed E-state index contributed by atoms with van der Waals surface area (Å²) >= 11 is 0. The molecule has 0 aromatic carbocycles. The van der Waals surface area contributed by atoms with Crippen LogP contribution in [0.25, 0.3) is 0 Å². The van der Waals surface area contributed by atoms with Gasteiger partial charge in [0.05, 0.1) is 0 Å². The molecule has 0 saturated carbocycles. The minimum atomic E-state index is -0.105. The Morgan fingerprint density at radius 3 is 2.76 bits per heavy atom. The summed E-state index contributed by atoms with van der Waals surface area (Å²) in [6.45, 7) is 5.52. The number of nitrogens with one attached hydrogen (secondary N) is 2. The maximum atomic E-state index is 12.4. The first-order valence-corrected chi connectivity index (χ1v) is 9.26. The van der Waals surface area contributed by atoms with Gasteiger partial charge in [-0.05, 0) is 25.2 Å². The first kappa shape index (κ1) is 16.3. The van der Waals surface area contributed by atoms with Gasteiger partial charge in [-0.25, -0.2) is 9.97 Å². The fourth-order valence-corrected chi connectivity index (χ4v) is 4.22. The second-order valence-electron chi connectivity index (χ2n) is 7.69. The third kappa shape index (κ3) is 2.96. The first-order chi connectivity index (χ1) is 12.0. The molecule has 134 valence electrons. The van der Waals surface area contributed by atoms with Crippen molar-refractivity contribution < 1.29 is 9.59 Å². The van der Waals surface area contributed by atoms with Crippen molar-refractivity contribution in [2.75, 3.05) is 18.0 Å². The molecule has 0 spiro atoms. The molecular formula is C18H25N5O2. The van der Waals surface area contributed by atoms with Crippen molar-refractivity contribution >= 4 is 17.6 Å². The van der Waals surface area contributed by atoms with Crippen LogP contribution in [0, 0.1) is 5.92 Å². The number of hydrogen-bond donors (Lipinski definition) is 2. The number of anilines is 1. The molecule has 2 fully saturated rings. The van der Waals surface area contributed by atoms with E-state index < -0.39 is 0 Å². The van der Waals surface area contributed by atoms with Crippen LogP contribution < -0.4 is 15.5 Å². The zero-order chi connectivity index (χ0) is 17.6. The number of rotatable bonds is 3. The highest BCUT2D eigenvalue weighted by atomic mass is 16.2. The monoisotopic (exact) mass is 343 g/mol. The lowest BCUT2D eigenvalue weighted by Gasteiger charge is -2.32. The number of amides is 2. The van der Waals surface area contributed by atoms with E-state index in [9.17, 15) is 9.59 Å². The third-order valence-electron chi connectivity index (χ3n) is 5.32. The molecular weight excluding hydrogens is 318 g/mol. The van der Waals surface area contributed by atoms with Crippen molar-refractivity contribution in [3.05, 3.63) is 17.1 Å². The van der Waals surface area contributed by atoms with Crippen molar-refractivity contribution in [1.82, 2.24) is 20.6 Å². The van der Waals surface area contributed by atoms with Gasteiger partial charge in [0, 0.05) is 43.6 Å². The minimum Gasteiger partial charge on any atom is -0.354 e. The molecule has 2 bridgehead atoms. The summed E-state index contributed by atoms with van der Waals surface area (Å²) in [6.07, 6.45) is 4.04. The van der Waals surface area contributed by atoms with Crippen LogP contribution >= 0.6 is 0 Å². The van der Waals surface area contributed by atoms with Crippen LogP contribution in [0.5, 0.6) is 0 Å². The van der Waals surface area contributed by atoms with E-state index >= 15 is 0 Å². The van der Waals surface area contributed by atoms with Crippen molar-refractivity contribution in [3.63, 3.8) is 0 Å². The van der Waals surface area contributed by atoms with Crippen LogP contribution in [0.15, 0.2) is 0 Å². The Morgan fingerprint density at radius 1 is 1.16 bits per heavy atom. The fraction of sp³-hybridized carbons (Fsp3) is 0.667. The molecule has 2 N–H and O–H groups in total. The molecule has 7 nitrogen and oxygen atoms in total. The van der Waals surface area contributed by atoms with Gasteiger partial charge in [-0.2, -0.15) is 0 Å². The van der Waals surface area contributed by atoms with Gasteiger partial charge in [0.1, 0.15) is 17.3 Å². The molecule has 1 aromatic rings. The second kappa shape index (κ2) is 6.28. The number of nitrogens with zero attached hydrogens (tertiary/aromatic N) is 3. The topological polar surface area (TPSA) is 87.2 Å². The number of carbonyl (C=O) groups excluding carboxylic acids is 2. The molecule has 0 aliphatic carbocycles. The summed E-state index contributed by atoms with van der Waals surface area (Å²) in [6, 6.07) is 0.427. The van der Waals surface area contributed by atoms with Crippen LogP contribution in [0.2, 0.25) is 0 Å². The average Bonchev–Trinajstić information content (AvgIpc) is 2.86. The summed E-state index contributed by atoms with van der Waals surface area (Å²) < 4.78 is 0. The summed E-state index contributed by atoms with van der Waals surface area (Å²) in [5.41, 5.74) is 1.47. The van der Waals surface area contributed by atoms with E-state index in [-0.39, 0.29) is 23.9 Å². The third-order valence-corrected chi connectivity index (χ3v) is 5.32. The van der Waals surface area contributed by atoms with E-state index in [0.29, 0.717) is 31.1 Å². The SMILES string of the molecule is CC(C)Cc1nc2c(c(N3[C@@H]4CC[C@H]3CNC(=O)C4)n1)CCNC2=O. The molecule has 3 aliphatic rings. The van der Waals surface area contributed by atoms with Gasteiger partial charge in [0.15, 0.2) is 0 Å². The van der Waals surface area contributed by atoms with Crippen molar-refractivity contribution in [3.8, 4) is 0 Å². The smallest absolute Gasteiger partial charge is 0.270 e. The van der Waals surface area contributed by atoms with E-state index in [1.807, 2.05) is 0 Å². The summed E-state index contributed by atoms with van der Waals surface area (Å²) in [5.74, 6) is 2.04. The van der Waals surface area contributed by atoms with Crippen LogP contribution in [-0.2, 0) is 17.6 Å². The van der Waals surface area contributed by atoms with Gasteiger partial charge in [0.2, 0.25) is 5.91 Å². The quantitative estimate of drug-likeness (QED) is 0.848. The molecule has 25 heavy (non-hydrogen) atoms. The highest BCUT2D eigenvalue weighted by Crippen LogP contribution is 2.36. The summed E-state index contributed by atoms with van der Waals surface area (Å²) in [4.78, 5) is 36.1. The zero-order valence-electron chi connectivity index (χ0n) is 14.8. The zero-order valence-corrected chi connectivity index (χ0v) is 14.8. The molecule has 2 amide bonds. The van der Waals surface area contributed by atoms with Crippen LogP contribution in [0.1, 0.15) is 55.0 Å². The normalized spacial score (nSPS) is 25.5. The van der Waals surface area contributed by atoms with Gasteiger partial charge in [0.25, 0.3) is 5.91 Å². The number of carbonyl (C=O) groups is 2. The van der Waals surface area contributed by atoms with Crippen LogP contribution in [0.4, 0.5) is 5.82 Å². The highest BCUT2D eigenvalue weighted by Gasteiger charge is 2.40. The van der Waals surface area contributed by atoms with E-state index in [1.54, 1.807) is 0 Å². The molecule has 1 aromatic heterocycles. The lowest BCUT2D eigenvalue weighted by Crippen LogP contribution is -2.42. The Bertz CT molecular complexity index is 718. The van der Waals surface area contributed by atoms with Crippen molar-refractivity contribution in [2.45, 2.75) is 58.0 Å². The Morgan fingerprint density at radius 2 is 1.96 bits per heavy atom. The summed E-state index contributed by atoms with van der Waals surface area (Å²) in [7, 11) is 0. The summed E-state index contributed by atoms with van der Waals surface area (Å²) in [5, 5.41) is 5.90. The number of fused-ring (bicyclic) bond motifs is 3. The van der Waals surface area contributed by atoms with E-state index in [2.05, 4.69) is 34.4 Å². The molecule has 0 radical (unpaired) electrons. The van der Waals surface area contributed by atoms with Crippen molar-refractivity contribution in [1.29, 1.82) is 0 Å². The van der Waals surface area contributed by atoms with Crippen molar-refractivity contribution in [2.24, 2.45) is 5.92 Å². The predicted octanol–water partition coefficient (Wildman–Crippen LogP) is 0.818. The maximum Gasteiger partial charge on any atom is 0.270 e. The maximum absolute atomic E-state index is 12.4. The molecule has 2 atom stereocenters. The van der Waals surface area contributed by atoms with Gasteiger partial charge in [-0.15, -0.1) is 0 Å². The van der Waals surface area contributed by atoms with Crippen LogP contribution in [-0.4, -0.2) is 47.0 Å². The molecule has 7 heteroatoms. The van der Waals surface area contributed by atoms with Gasteiger partial charge < -0.3 is 15.5 Å². The Kier molecular flexibility index (Phi) is 4.09. The molecule has 4 rings (SSSR count). The van der Waals surface area contributed by atoms with E-state index in [4.69, 9.17) is 4.98 Å². The van der Waals surface area contributed by atoms with Gasteiger partial charge >= 0.3 is 0 Å². The molecule has 4 heterocycles. The number of hydrogen-bond acceptors (Lipinski definition) is 5. The first-order valence-electron chi connectivity index (χ1n) is 9.26. The standard InChI is InChI=1S/C18H25N5O2/c1-10(2)7-14-21-16-13(5-6-19-18(16)25)17(22-14)23-11-3-4-12(23)9-20-15(24)8-11/h10-12H,3-9H2,1-2H3,(H,19,25)(H,20,24)/t11-,12+/m1/s1. The molecule has 3 aliphatic heterocycles. The number of aromatic nitrogens is 2. The van der Waals surface area contributed by atoms with E-state index in [0.717, 1.165) is 42.9 Å². The predicted molar refractivity (Wildman–Crippen MR) is 93.5 cm³/mol. The minimum absolute atomic E-state index is 0.105. The Hall–Kier alpha value is -2.18. The largest absolute Gasteiger partial charge is 0.354 e. The van der Waals surface area contributed by atoms with Crippen LogP contribution in [0.3, 0.4) is 0 Å². The molecule has 0 unspecified atom stereocenters. The lowest BCUT2D eigenvalue weighted by atomic mass is 10.0. The highest BCUT2D eigenvalue weighted by molar-refractivity contribution is 5.96. The van der Waals surface area contributed by atoms with Gasteiger partial charge in [-0.1, -0.05) is 13.8 Å². The fourth-order valence-electron chi connectivity index (χ4n) is 4.22. The van der Waals surface area contributed by atoms with E-state index in [1.165, 1.54) is 0 Å². The lowest BCUT2D eigenvalue weighted by molar-refractivity contribution is -0.121. The van der Waals surface area contributed by atoms with Gasteiger partial charge in [-0.3, -0.25) is 9.59 Å². The second-order valence-corrected chi connectivity index (χ2v) is 7.69. The average molecular weight is 343 g/mol.